The summed E-state index contributed by atoms with van der Waals surface area (Å²) < 4.78 is 0. The Morgan fingerprint density at radius 3 is 2.70 bits per heavy atom. The molecule has 2 atom stereocenters. The molecule has 0 amide bonds. The molecule has 2 nitrogen and oxygen atoms in total. The highest BCUT2D eigenvalue weighted by atomic mass is 32.2. The number of H-pyrrole nitrogens is 1. The van der Waals surface area contributed by atoms with Gasteiger partial charge in [0, 0.05) is 22.2 Å². The van der Waals surface area contributed by atoms with Gasteiger partial charge in [0.25, 0.3) is 0 Å². The predicted molar refractivity (Wildman–Crippen MR) is 85.0 cm³/mol. The summed E-state index contributed by atoms with van der Waals surface area (Å²) in [6, 6.07) is 19.3. The van der Waals surface area contributed by atoms with Crippen LogP contribution in [0.15, 0.2) is 59.6 Å². The van der Waals surface area contributed by atoms with E-state index in [1.54, 1.807) is 0 Å². The normalized spacial score (nSPS) is 21.2. The molecule has 1 aliphatic carbocycles. The van der Waals surface area contributed by atoms with Gasteiger partial charge in [0.05, 0.1) is 5.03 Å². The van der Waals surface area contributed by atoms with Crippen molar-refractivity contribution in [3.05, 3.63) is 65.7 Å². The highest BCUT2D eigenvalue weighted by Gasteiger charge is 2.30. The van der Waals surface area contributed by atoms with E-state index in [0.717, 1.165) is 6.42 Å². The first-order chi connectivity index (χ1) is 9.81. The van der Waals surface area contributed by atoms with Gasteiger partial charge in [-0.15, -0.1) is 11.8 Å². The first kappa shape index (κ1) is 12.1. The maximum absolute atomic E-state index is 6.40. The van der Waals surface area contributed by atoms with E-state index in [1.807, 2.05) is 11.8 Å². The molecule has 2 aromatic carbocycles. The van der Waals surface area contributed by atoms with E-state index in [-0.39, 0.29) is 6.04 Å². The van der Waals surface area contributed by atoms with Gasteiger partial charge >= 0.3 is 0 Å². The van der Waals surface area contributed by atoms with Gasteiger partial charge in [0.15, 0.2) is 0 Å². The van der Waals surface area contributed by atoms with E-state index >= 15 is 0 Å². The van der Waals surface area contributed by atoms with Crippen molar-refractivity contribution in [3.8, 4) is 0 Å². The summed E-state index contributed by atoms with van der Waals surface area (Å²) >= 11 is 1.86. The van der Waals surface area contributed by atoms with Crippen LogP contribution in [0.4, 0.5) is 0 Å². The molecular weight excluding hydrogens is 264 g/mol. The summed E-state index contributed by atoms with van der Waals surface area (Å²) in [5.41, 5.74) is 10.3. The standard InChI is InChI=1S/C17H16N2S/c18-17-13-7-3-1-5-11(13)9-15(17)20-16-10-12-6-2-4-8-14(12)19-16/h1-8,10,15,17,19H,9,18H2. The zero-order valence-electron chi connectivity index (χ0n) is 11.0. The summed E-state index contributed by atoms with van der Waals surface area (Å²) in [4.78, 5) is 3.48. The minimum atomic E-state index is 0.127. The van der Waals surface area contributed by atoms with Crippen LogP contribution in [0.25, 0.3) is 10.9 Å². The van der Waals surface area contributed by atoms with Crippen molar-refractivity contribution >= 4 is 22.7 Å². The molecule has 20 heavy (non-hydrogen) atoms. The molecule has 0 aliphatic heterocycles. The maximum atomic E-state index is 6.40. The van der Waals surface area contributed by atoms with Crippen LogP contribution in [-0.2, 0) is 6.42 Å². The van der Waals surface area contributed by atoms with Gasteiger partial charge in [-0.3, -0.25) is 0 Å². The monoisotopic (exact) mass is 280 g/mol. The van der Waals surface area contributed by atoms with Crippen LogP contribution in [0.1, 0.15) is 17.2 Å². The lowest BCUT2D eigenvalue weighted by atomic mass is 10.1. The number of fused-ring (bicyclic) bond motifs is 2. The van der Waals surface area contributed by atoms with E-state index in [1.165, 1.54) is 27.1 Å². The molecule has 0 spiro atoms. The van der Waals surface area contributed by atoms with Crippen molar-refractivity contribution in [2.75, 3.05) is 0 Å². The number of aromatic amines is 1. The third-order valence-corrected chi connectivity index (χ3v) is 5.26. The smallest absolute Gasteiger partial charge is 0.0735 e. The van der Waals surface area contributed by atoms with Crippen molar-refractivity contribution in [3.63, 3.8) is 0 Å². The molecule has 3 aromatic rings. The highest BCUT2D eigenvalue weighted by Crippen LogP contribution is 2.40. The van der Waals surface area contributed by atoms with E-state index in [2.05, 4.69) is 59.6 Å². The molecule has 0 bridgehead atoms. The zero-order chi connectivity index (χ0) is 13.5. The van der Waals surface area contributed by atoms with Gasteiger partial charge in [-0.2, -0.15) is 0 Å². The number of rotatable bonds is 2. The molecule has 0 saturated heterocycles. The molecular formula is C17H16N2S. The lowest BCUT2D eigenvalue weighted by Gasteiger charge is -2.14. The Kier molecular flexibility index (Phi) is 2.83. The average Bonchev–Trinajstić information content (AvgIpc) is 3.01. The molecule has 0 radical (unpaired) electrons. The van der Waals surface area contributed by atoms with Gasteiger partial charge < -0.3 is 10.7 Å². The molecule has 1 heterocycles. The zero-order valence-corrected chi connectivity index (χ0v) is 11.9. The number of para-hydroxylation sites is 1. The fraction of sp³-hybridized carbons (Fsp3) is 0.176. The summed E-state index contributed by atoms with van der Waals surface area (Å²) in [5.74, 6) is 0. The van der Waals surface area contributed by atoms with Crippen LogP contribution in [0.2, 0.25) is 0 Å². The van der Waals surface area contributed by atoms with E-state index in [0.29, 0.717) is 5.25 Å². The van der Waals surface area contributed by atoms with Gasteiger partial charge in [0.2, 0.25) is 0 Å². The Labute approximate surface area is 122 Å². The van der Waals surface area contributed by atoms with Crippen LogP contribution in [0, 0.1) is 0 Å². The molecule has 100 valence electrons. The molecule has 3 heteroatoms. The Balaban J connectivity index is 1.61. The molecule has 1 aromatic heterocycles. The Morgan fingerprint density at radius 1 is 1.05 bits per heavy atom. The molecule has 4 rings (SSSR count). The van der Waals surface area contributed by atoms with Crippen molar-refractivity contribution in [1.82, 2.24) is 4.98 Å². The van der Waals surface area contributed by atoms with Gasteiger partial charge in [-0.05, 0) is 29.7 Å². The average molecular weight is 280 g/mol. The van der Waals surface area contributed by atoms with Crippen LogP contribution in [0.5, 0.6) is 0 Å². The number of thioether (sulfide) groups is 1. The number of hydrogen-bond donors (Lipinski definition) is 2. The number of nitrogens with two attached hydrogens (primary N) is 1. The fourth-order valence-electron chi connectivity index (χ4n) is 2.98. The second-order valence-electron chi connectivity index (χ2n) is 5.31. The van der Waals surface area contributed by atoms with Crippen molar-refractivity contribution < 1.29 is 0 Å². The van der Waals surface area contributed by atoms with Crippen molar-refractivity contribution in [2.45, 2.75) is 22.7 Å². The minimum Gasteiger partial charge on any atom is -0.350 e. The second-order valence-corrected chi connectivity index (χ2v) is 6.59. The second kappa shape index (κ2) is 4.69. The summed E-state index contributed by atoms with van der Waals surface area (Å²) in [6.45, 7) is 0. The molecule has 2 unspecified atom stereocenters. The Bertz CT molecular complexity index is 729. The third-order valence-electron chi connectivity index (χ3n) is 4.02. The first-order valence-electron chi connectivity index (χ1n) is 6.89. The van der Waals surface area contributed by atoms with Crippen LogP contribution in [0.3, 0.4) is 0 Å². The molecule has 3 N–H and O–H groups in total. The summed E-state index contributed by atoms with van der Waals surface area (Å²) in [5, 5.41) is 2.89. The van der Waals surface area contributed by atoms with Crippen LogP contribution >= 0.6 is 11.8 Å². The molecule has 1 aliphatic rings. The largest absolute Gasteiger partial charge is 0.350 e. The quantitative estimate of drug-likeness (QED) is 0.748. The summed E-state index contributed by atoms with van der Waals surface area (Å²) in [7, 11) is 0. The Hall–Kier alpha value is -1.71. The SMILES string of the molecule is NC1c2ccccc2CC1Sc1cc2ccccc2[nH]1. The van der Waals surface area contributed by atoms with Crippen LogP contribution < -0.4 is 5.73 Å². The number of aromatic nitrogens is 1. The fourth-order valence-corrected chi connectivity index (χ4v) is 4.22. The topological polar surface area (TPSA) is 41.8 Å². The first-order valence-corrected chi connectivity index (χ1v) is 7.77. The Morgan fingerprint density at radius 2 is 1.85 bits per heavy atom. The van der Waals surface area contributed by atoms with Gasteiger partial charge in [-0.25, -0.2) is 0 Å². The highest BCUT2D eigenvalue weighted by molar-refractivity contribution is 7.99. The number of benzene rings is 2. The lowest BCUT2D eigenvalue weighted by molar-refractivity contribution is 0.730. The van der Waals surface area contributed by atoms with E-state index in [4.69, 9.17) is 5.73 Å². The van der Waals surface area contributed by atoms with E-state index in [9.17, 15) is 0 Å². The third kappa shape index (κ3) is 1.94. The van der Waals surface area contributed by atoms with Crippen molar-refractivity contribution in [2.24, 2.45) is 5.73 Å². The molecule has 0 saturated carbocycles. The lowest BCUT2D eigenvalue weighted by Crippen LogP contribution is -2.18. The van der Waals surface area contributed by atoms with E-state index < -0.39 is 0 Å². The number of hydrogen-bond acceptors (Lipinski definition) is 2. The summed E-state index contributed by atoms with van der Waals surface area (Å²) in [6.07, 6.45) is 1.05. The van der Waals surface area contributed by atoms with Gasteiger partial charge in [-0.1, -0.05) is 42.5 Å². The maximum Gasteiger partial charge on any atom is 0.0735 e. The predicted octanol–water partition coefficient (Wildman–Crippen LogP) is 3.88. The van der Waals surface area contributed by atoms with Gasteiger partial charge in [0.1, 0.15) is 0 Å². The van der Waals surface area contributed by atoms with Crippen molar-refractivity contribution in [1.29, 1.82) is 0 Å². The molecule has 0 fully saturated rings. The number of nitrogens with one attached hydrogen (secondary N) is 1. The van der Waals surface area contributed by atoms with Crippen LogP contribution in [-0.4, -0.2) is 10.2 Å². The minimum absolute atomic E-state index is 0.127.